The predicted molar refractivity (Wildman–Crippen MR) is 101 cm³/mol. The Morgan fingerprint density at radius 3 is 2.96 bits per heavy atom. The van der Waals surface area contributed by atoms with Gasteiger partial charge in [-0.3, -0.25) is 0 Å². The lowest BCUT2D eigenvalue weighted by Gasteiger charge is -2.35. The summed E-state index contributed by atoms with van der Waals surface area (Å²) in [6, 6.07) is 7.86. The summed E-state index contributed by atoms with van der Waals surface area (Å²) in [6.07, 6.45) is 0.745. The van der Waals surface area contributed by atoms with Gasteiger partial charge >= 0.3 is 0 Å². The molecule has 0 saturated carbocycles. The molecule has 0 bridgehead atoms. The molecule has 1 N–H and O–H groups in total. The maximum absolute atomic E-state index is 6.05. The van der Waals surface area contributed by atoms with E-state index < -0.39 is 0 Å². The van der Waals surface area contributed by atoms with E-state index in [0.717, 1.165) is 41.2 Å². The molecule has 2 unspecified atom stereocenters. The first-order valence-electron chi connectivity index (χ1n) is 8.29. The zero-order chi connectivity index (χ0) is 17.6. The van der Waals surface area contributed by atoms with Gasteiger partial charge in [0.05, 0.1) is 25.4 Å². The molecule has 1 aromatic heterocycles. The number of rotatable bonds is 7. The summed E-state index contributed by atoms with van der Waals surface area (Å²) in [7, 11) is 3.79. The summed E-state index contributed by atoms with van der Waals surface area (Å²) < 4.78 is 15.5. The second kappa shape index (κ2) is 8.91. The number of nitrogens with zero attached hydrogens (tertiary/aromatic N) is 3. The lowest BCUT2D eigenvalue weighted by molar-refractivity contribution is -0.0291. The largest absolute Gasteiger partial charge is 0.384 e. The van der Waals surface area contributed by atoms with E-state index in [0.29, 0.717) is 13.0 Å². The second-order valence-corrected chi connectivity index (χ2v) is 7.29. The average Bonchev–Trinajstić information content (AvgIpc) is 3.06. The van der Waals surface area contributed by atoms with Crippen LogP contribution in [0.2, 0.25) is 5.02 Å². The lowest BCUT2D eigenvalue weighted by atomic mass is 10.0. The molecule has 2 heterocycles. The number of methoxy groups -OCH3 is 1. The van der Waals surface area contributed by atoms with Crippen LogP contribution in [0.4, 0.5) is 5.13 Å². The molecule has 25 heavy (non-hydrogen) atoms. The molecule has 1 aliphatic rings. The van der Waals surface area contributed by atoms with Gasteiger partial charge in [0.15, 0.2) is 0 Å². The number of likely N-dealkylation sites (N-methyl/N-ethyl adjacent to an activating group) is 1. The van der Waals surface area contributed by atoms with Crippen molar-refractivity contribution in [3.63, 3.8) is 0 Å². The molecular weight excluding hydrogens is 360 g/mol. The Morgan fingerprint density at radius 2 is 2.24 bits per heavy atom. The molecule has 1 fully saturated rings. The maximum atomic E-state index is 6.05. The minimum Gasteiger partial charge on any atom is -0.384 e. The Kier molecular flexibility index (Phi) is 6.61. The van der Waals surface area contributed by atoms with Crippen LogP contribution < -0.4 is 5.32 Å². The number of halogens is 1. The summed E-state index contributed by atoms with van der Waals surface area (Å²) in [4.78, 5) is 6.85. The molecule has 1 aromatic carbocycles. The van der Waals surface area contributed by atoms with Gasteiger partial charge in [0.25, 0.3) is 0 Å². The second-order valence-electron chi connectivity index (χ2n) is 6.10. The van der Waals surface area contributed by atoms with Crippen molar-refractivity contribution in [3.05, 3.63) is 40.7 Å². The van der Waals surface area contributed by atoms with E-state index in [2.05, 4.69) is 26.6 Å². The van der Waals surface area contributed by atoms with Crippen LogP contribution in [-0.4, -0.2) is 60.8 Å². The topological polar surface area (TPSA) is 59.5 Å². The Labute approximate surface area is 157 Å². The molecule has 0 spiro atoms. The first-order valence-corrected chi connectivity index (χ1v) is 9.44. The minimum absolute atomic E-state index is 0.0109. The number of benzene rings is 1. The van der Waals surface area contributed by atoms with Crippen molar-refractivity contribution in [2.45, 2.75) is 18.6 Å². The quantitative estimate of drug-likeness (QED) is 0.794. The van der Waals surface area contributed by atoms with Crippen molar-refractivity contribution in [1.29, 1.82) is 0 Å². The highest BCUT2D eigenvalue weighted by Crippen LogP contribution is 2.28. The van der Waals surface area contributed by atoms with E-state index in [1.165, 1.54) is 11.5 Å². The first kappa shape index (κ1) is 18.5. The molecular formula is C17H23ClN4O2S. The molecule has 6 nitrogen and oxygen atoms in total. The van der Waals surface area contributed by atoms with Crippen LogP contribution in [0.1, 0.15) is 17.4 Å². The standard InChI is InChI=1S/C17H23ClN4O2S/c1-22-8-10-24-14(11-22)16(12-3-5-13(18)6-4-12)20-17-19-15(21-25-17)7-9-23-2/h3-6,14,16H,7-11H2,1-2H3,(H,19,20,21). The molecule has 0 radical (unpaired) electrons. The van der Waals surface area contributed by atoms with E-state index >= 15 is 0 Å². The third kappa shape index (κ3) is 5.12. The highest BCUT2D eigenvalue weighted by Gasteiger charge is 2.29. The lowest BCUT2D eigenvalue weighted by Crippen LogP contribution is -2.44. The van der Waals surface area contributed by atoms with Gasteiger partial charge in [0, 0.05) is 43.2 Å². The number of ether oxygens (including phenoxy) is 2. The summed E-state index contributed by atoms with van der Waals surface area (Å²) in [5.41, 5.74) is 1.12. The molecule has 0 aliphatic carbocycles. The van der Waals surface area contributed by atoms with Gasteiger partial charge in [-0.05, 0) is 24.7 Å². The summed E-state index contributed by atoms with van der Waals surface area (Å²) in [6.45, 7) is 3.15. The van der Waals surface area contributed by atoms with Gasteiger partial charge in [-0.2, -0.15) is 4.37 Å². The third-order valence-electron chi connectivity index (χ3n) is 4.17. The summed E-state index contributed by atoms with van der Waals surface area (Å²) >= 11 is 7.41. The number of anilines is 1. The third-order valence-corrected chi connectivity index (χ3v) is 5.11. The molecule has 2 atom stereocenters. The molecule has 8 heteroatoms. The fraction of sp³-hybridized carbons (Fsp3) is 0.529. The smallest absolute Gasteiger partial charge is 0.203 e. The number of hydrogen-bond donors (Lipinski definition) is 1. The fourth-order valence-corrected chi connectivity index (χ4v) is 3.59. The van der Waals surface area contributed by atoms with E-state index in [1.54, 1.807) is 7.11 Å². The predicted octanol–water partition coefficient (Wildman–Crippen LogP) is 2.86. The van der Waals surface area contributed by atoms with E-state index in [1.807, 2.05) is 24.3 Å². The Morgan fingerprint density at radius 1 is 1.44 bits per heavy atom. The highest BCUT2D eigenvalue weighted by atomic mass is 35.5. The SMILES string of the molecule is COCCc1nsc(NC(c2ccc(Cl)cc2)C2CN(C)CCO2)n1. The van der Waals surface area contributed by atoms with Crippen molar-refractivity contribution < 1.29 is 9.47 Å². The Hall–Kier alpha value is -1.25. The number of nitrogens with one attached hydrogen (secondary N) is 1. The minimum atomic E-state index is -0.0109. The van der Waals surface area contributed by atoms with Gasteiger partial charge < -0.3 is 19.7 Å². The molecule has 136 valence electrons. The summed E-state index contributed by atoms with van der Waals surface area (Å²) in [5, 5.41) is 5.03. The van der Waals surface area contributed by atoms with Crippen LogP contribution in [0.25, 0.3) is 0 Å². The molecule has 1 saturated heterocycles. The van der Waals surface area contributed by atoms with Crippen LogP contribution in [0.15, 0.2) is 24.3 Å². The van der Waals surface area contributed by atoms with Crippen LogP contribution in [0.5, 0.6) is 0 Å². The van der Waals surface area contributed by atoms with E-state index in [4.69, 9.17) is 21.1 Å². The fourth-order valence-electron chi connectivity index (χ4n) is 2.81. The normalized spacial score (nSPS) is 19.7. The van der Waals surface area contributed by atoms with Crippen LogP contribution in [-0.2, 0) is 15.9 Å². The van der Waals surface area contributed by atoms with Crippen molar-refractivity contribution in [3.8, 4) is 0 Å². The molecule has 3 rings (SSSR count). The van der Waals surface area contributed by atoms with Crippen molar-refractivity contribution in [1.82, 2.24) is 14.3 Å². The van der Waals surface area contributed by atoms with Crippen LogP contribution in [0, 0.1) is 0 Å². The van der Waals surface area contributed by atoms with Gasteiger partial charge in [0.1, 0.15) is 5.82 Å². The van der Waals surface area contributed by atoms with Gasteiger partial charge in [-0.1, -0.05) is 23.7 Å². The Bertz CT molecular complexity index is 667. The van der Waals surface area contributed by atoms with E-state index in [-0.39, 0.29) is 12.1 Å². The van der Waals surface area contributed by atoms with Crippen LogP contribution >= 0.6 is 23.1 Å². The summed E-state index contributed by atoms with van der Waals surface area (Å²) in [5.74, 6) is 0.797. The van der Waals surface area contributed by atoms with Crippen LogP contribution in [0.3, 0.4) is 0 Å². The number of hydrogen-bond acceptors (Lipinski definition) is 7. The van der Waals surface area contributed by atoms with Gasteiger partial charge in [-0.25, -0.2) is 4.98 Å². The molecule has 1 aliphatic heterocycles. The van der Waals surface area contributed by atoms with Crippen molar-refractivity contribution in [2.24, 2.45) is 0 Å². The monoisotopic (exact) mass is 382 g/mol. The van der Waals surface area contributed by atoms with E-state index in [9.17, 15) is 0 Å². The highest BCUT2D eigenvalue weighted by molar-refractivity contribution is 7.09. The zero-order valence-corrected chi connectivity index (χ0v) is 16.0. The van der Waals surface area contributed by atoms with Crippen molar-refractivity contribution in [2.75, 3.05) is 45.8 Å². The van der Waals surface area contributed by atoms with Gasteiger partial charge in [0.2, 0.25) is 5.13 Å². The first-order chi connectivity index (χ1) is 12.2. The number of aromatic nitrogens is 2. The maximum Gasteiger partial charge on any atom is 0.203 e. The zero-order valence-electron chi connectivity index (χ0n) is 14.4. The number of morpholine rings is 1. The average molecular weight is 383 g/mol. The van der Waals surface area contributed by atoms with Crippen molar-refractivity contribution >= 4 is 28.3 Å². The molecule has 2 aromatic rings. The Balaban J connectivity index is 1.78. The molecule has 0 amide bonds. The van der Waals surface area contributed by atoms with Gasteiger partial charge in [-0.15, -0.1) is 0 Å².